The van der Waals surface area contributed by atoms with Gasteiger partial charge >= 0.3 is 0 Å². The summed E-state index contributed by atoms with van der Waals surface area (Å²) in [6.45, 7) is 1.72. The highest BCUT2D eigenvalue weighted by Gasteiger charge is 2.02. The van der Waals surface area contributed by atoms with E-state index in [4.69, 9.17) is 5.73 Å². The summed E-state index contributed by atoms with van der Waals surface area (Å²) in [4.78, 5) is 3.96. The number of nitrogens with zero attached hydrogens (tertiary/aromatic N) is 1. The third kappa shape index (κ3) is 2.11. The third-order valence-corrected chi connectivity index (χ3v) is 2.28. The molecule has 0 aliphatic heterocycles. The number of nitrogens with one attached hydrogen (secondary N) is 1. The molecule has 0 amide bonds. The highest BCUT2D eigenvalue weighted by Crippen LogP contribution is 2.22. The van der Waals surface area contributed by atoms with Gasteiger partial charge in [0, 0.05) is 11.9 Å². The Morgan fingerprint density at radius 3 is 2.81 bits per heavy atom. The number of hydrogen-bond acceptors (Lipinski definition) is 3. The van der Waals surface area contributed by atoms with Gasteiger partial charge in [0.25, 0.3) is 0 Å². The summed E-state index contributed by atoms with van der Waals surface area (Å²) >= 11 is 0. The van der Waals surface area contributed by atoms with Crippen LogP contribution in [0.1, 0.15) is 5.56 Å². The molecule has 3 N–H and O–H groups in total. The van der Waals surface area contributed by atoms with Gasteiger partial charge in [0.2, 0.25) is 0 Å². The smallest absolute Gasteiger partial charge is 0.147 e. The van der Waals surface area contributed by atoms with E-state index in [9.17, 15) is 4.39 Å². The van der Waals surface area contributed by atoms with Gasteiger partial charge in [0.15, 0.2) is 0 Å². The molecular weight excluding hydrogens is 205 g/mol. The lowest BCUT2D eigenvalue weighted by molar-refractivity contribution is 0.619. The average Bonchev–Trinajstić information content (AvgIpc) is 2.27. The zero-order valence-electron chi connectivity index (χ0n) is 8.87. The summed E-state index contributed by atoms with van der Waals surface area (Å²) in [5.41, 5.74) is 7.79. The van der Waals surface area contributed by atoms with Crippen molar-refractivity contribution >= 4 is 17.2 Å². The normalized spacial score (nSPS) is 10.1. The van der Waals surface area contributed by atoms with Crippen molar-refractivity contribution in [2.45, 2.75) is 6.92 Å². The number of pyridine rings is 1. The summed E-state index contributed by atoms with van der Waals surface area (Å²) in [7, 11) is 0. The van der Waals surface area contributed by atoms with Crippen molar-refractivity contribution in [3.05, 3.63) is 47.9 Å². The summed E-state index contributed by atoms with van der Waals surface area (Å²) in [5.74, 6) is 0.203. The van der Waals surface area contributed by atoms with Gasteiger partial charge in [-0.3, -0.25) is 0 Å². The number of aryl methyl sites for hydroxylation is 1. The second-order valence-corrected chi connectivity index (χ2v) is 3.53. The van der Waals surface area contributed by atoms with Crippen LogP contribution in [0.2, 0.25) is 0 Å². The number of halogens is 1. The molecule has 3 nitrogen and oxygen atoms in total. The van der Waals surface area contributed by atoms with E-state index in [-0.39, 0.29) is 5.82 Å². The quantitative estimate of drug-likeness (QED) is 0.813. The Labute approximate surface area is 93.1 Å². The largest absolute Gasteiger partial charge is 0.382 e. The molecule has 0 atom stereocenters. The first kappa shape index (κ1) is 10.4. The topological polar surface area (TPSA) is 50.9 Å². The molecule has 2 rings (SSSR count). The fourth-order valence-corrected chi connectivity index (χ4v) is 1.40. The fraction of sp³-hybridized carbons (Fsp3) is 0.0833. The van der Waals surface area contributed by atoms with Crippen LogP contribution in [-0.4, -0.2) is 4.98 Å². The van der Waals surface area contributed by atoms with Gasteiger partial charge in [-0.15, -0.1) is 0 Å². The minimum atomic E-state index is -0.218. The Kier molecular flexibility index (Phi) is 2.72. The highest BCUT2D eigenvalue weighted by atomic mass is 19.1. The van der Waals surface area contributed by atoms with E-state index in [0.29, 0.717) is 17.1 Å². The van der Waals surface area contributed by atoms with Crippen LogP contribution in [-0.2, 0) is 0 Å². The van der Waals surface area contributed by atoms with Crippen LogP contribution in [0.3, 0.4) is 0 Å². The predicted octanol–water partition coefficient (Wildman–Crippen LogP) is 2.85. The number of anilines is 3. The van der Waals surface area contributed by atoms with E-state index in [1.807, 2.05) is 6.07 Å². The van der Waals surface area contributed by atoms with E-state index in [1.165, 1.54) is 6.07 Å². The van der Waals surface area contributed by atoms with Gasteiger partial charge in [-0.1, -0.05) is 0 Å². The summed E-state index contributed by atoms with van der Waals surface area (Å²) < 4.78 is 13.1. The molecule has 4 heteroatoms. The Morgan fingerprint density at radius 2 is 2.12 bits per heavy atom. The molecule has 2 aromatic rings. The molecule has 0 radical (unpaired) electrons. The fourth-order valence-electron chi connectivity index (χ4n) is 1.40. The molecule has 1 heterocycles. The Morgan fingerprint density at radius 1 is 1.31 bits per heavy atom. The van der Waals surface area contributed by atoms with Crippen molar-refractivity contribution in [3.63, 3.8) is 0 Å². The lowest BCUT2D eigenvalue weighted by Crippen LogP contribution is -1.98. The van der Waals surface area contributed by atoms with Crippen LogP contribution in [0, 0.1) is 12.7 Å². The number of hydrogen-bond donors (Lipinski definition) is 2. The SMILES string of the molecule is Cc1cc(Nc2cccnc2N)ccc1F. The van der Waals surface area contributed by atoms with Crippen molar-refractivity contribution < 1.29 is 4.39 Å². The van der Waals surface area contributed by atoms with E-state index in [2.05, 4.69) is 10.3 Å². The second-order valence-electron chi connectivity index (χ2n) is 3.53. The van der Waals surface area contributed by atoms with Gasteiger partial charge in [-0.2, -0.15) is 0 Å². The first-order valence-corrected chi connectivity index (χ1v) is 4.90. The molecule has 1 aromatic carbocycles. The predicted molar refractivity (Wildman–Crippen MR) is 63.1 cm³/mol. The van der Waals surface area contributed by atoms with Gasteiger partial charge in [0.1, 0.15) is 11.6 Å². The van der Waals surface area contributed by atoms with E-state index in [0.717, 1.165) is 5.69 Å². The first-order valence-electron chi connectivity index (χ1n) is 4.90. The number of rotatable bonds is 2. The van der Waals surface area contributed by atoms with Crippen LogP contribution in [0.4, 0.5) is 21.6 Å². The second kappa shape index (κ2) is 4.18. The zero-order chi connectivity index (χ0) is 11.5. The van der Waals surface area contributed by atoms with Gasteiger partial charge < -0.3 is 11.1 Å². The van der Waals surface area contributed by atoms with Crippen molar-refractivity contribution in [1.29, 1.82) is 0 Å². The van der Waals surface area contributed by atoms with Gasteiger partial charge in [0.05, 0.1) is 5.69 Å². The molecule has 0 saturated heterocycles. The molecule has 0 aliphatic rings. The van der Waals surface area contributed by atoms with Crippen LogP contribution in [0.15, 0.2) is 36.5 Å². The Bertz CT molecular complexity index is 511. The van der Waals surface area contributed by atoms with Crippen molar-refractivity contribution in [3.8, 4) is 0 Å². The maximum atomic E-state index is 13.1. The highest BCUT2D eigenvalue weighted by molar-refractivity contribution is 5.69. The lowest BCUT2D eigenvalue weighted by atomic mass is 10.2. The molecule has 0 unspecified atom stereocenters. The van der Waals surface area contributed by atoms with Crippen LogP contribution < -0.4 is 11.1 Å². The van der Waals surface area contributed by atoms with Crippen LogP contribution in [0.25, 0.3) is 0 Å². The van der Waals surface area contributed by atoms with Gasteiger partial charge in [-0.25, -0.2) is 9.37 Å². The summed E-state index contributed by atoms with van der Waals surface area (Å²) in [6, 6.07) is 8.41. The molecular formula is C12H12FN3. The van der Waals surface area contributed by atoms with E-state index in [1.54, 1.807) is 31.3 Å². The van der Waals surface area contributed by atoms with E-state index < -0.39 is 0 Å². The van der Waals surface area contributed by atoms with Crippen molar-refractivity contribution in [2.75, 3.05) is 11.1 Å². The molecule has 0 bridgehead atoms. The summed E-state index contributed by atoms with van der Waals surface area (Å²) in [6.07, 6.45) is 1.62. The maximum Gasteiger partial charge on any atom is 0.147 e. The van der Waals surface area contributed by atoms with Crippen molar-refractivity contribution in [1.82, 2.24) is 4.98 Å². The maximum absolute atomic E-state index is 13.1. The molecule has 82 valence electrons. The standard InChI is InChI=1S/C12H12FN3/c1-8-7-9(4-5-10(8)13)16-11-3-2-6-15-12(11)14/h2-7,16H,1H3,(H2,14,15). The molecule has 1 aromatic heterocycles. The lowest BCUT2D eigenvalue weighted by Gasteiger charge is -2.09. The van der Waals surface area contributed by atoms with Gasteiger partial charge in [-0.05, 0) is 42.8 Å². The molecule has 0 aliphatic carbocycles. The molecule has 0 fully saturated rings. The molecule has 16 heavy (non-hydrogen) atoms. The number of aromatic nitrogens is 1. The molecule has 0 spiro atoms. The third-order valence-electron chi connectivity index (χ3n) is 2.28. The minimum Gasteiger partial charge on any atom is -0.382 e. The van der Waals surface area contributed by atoms with Crippen LogP contribution >= 0.6 is 0 Å². The monoisotopic (exact) mass is 217 g/mol. The Balaban J connectivity index is 2.28. The average molecular weight is 217 g/mol. The Hall–Kier alpha value is -2.10. The number of nitrogen functional groups attached to an aromatic ring is 1. The minimum absolute atomic E-state index is 0.218. The zero-order valence-corrected chi connectivity index (χ0v) is 8.87. The number of benzene rings is 1. The van der Waals surface area contributed by atoms with Crippen molar-refractivity contribution in [2.24, 2.45) is 0 Å². The molecule has 0 saturated carbocycles. The van der Waals surface area contributed by atoms with E-state index >= 15 is 0 Å². The number of nitrogens with two attached hydrogens (primary N) is 1. The van der Waals surface area contributed by atoms with Crippen LogP contribution in [0.5, 0.6) is 0 Å². The summed E-state index contributed by atoms with van der Waals surface area (Å²) in [5, 5.41) is 3.09. The first-order chi connectivity index (χ1) is 7.66.